The zero-order valence-corrected chi connectivity index (χ0v) is 9.89. The number of nitrogens with zero attached hydrogens (tertiary/aromatic N) is 1. The molecule has 0 N–H and O–H groups in total. The predicted octanol–water partition coefficient (Wildman–Crippen LogP) is 3.08. The number of fused-ring (bicyclic) bond motifs is 1. The molecular weight excluding hydrogens is 256 g/mol. The van der Waals surface area contributed by atoms with Crippen LogP contribution in [0.15, 0.2) is 36.5 Å². The van der Waals surface area contributed by atoms with E-state index < -0.39 is 6.29 Å². The number of alkyl halides is 2. The van der Waals surface area contributed by atoms with Crippen LogP contribution in [-0.2, 0) is 0 Å². The Balaban J connectivity index is 2.16. The van der Waals surface area contributed by atoms with Crippen molar-refractivity contribution in [2.45, 2.75) is 6.29 Å². The minimum absolute atomic E-state index is 0.00611. The fraction of sp³-hybridized carbons (Fsp3) is 0.154. The molecule has 2 aromatic rings. The van der Waals surface area contributed by atoms with Crippen molar-refractivity contribution in [3.63, 3.8) is 0 Å². The second-order valence-corrected chi connectivity index (χ2v) is 3.86. The number of pyridine rings is 1. The fourth-order valence-electron chi connectivity index (χ4n) is 1.94. The van der Waals surface area contributed by atoms with E-state index in [9.17, 15) is 8.78 Å². The molecule has 1 aliphatic rings. The minimum Gasteiger partial charge on any atom is -0.481 e. The lowest BCUT2D eigenvalue weighted by molar-refractivity contribution is -0.286. The fourth-order valence-corrected chi connectivity index (χ4v) is 1.94. The van der Waals surface area contributed by atoms with Crippen LogP contribution < -0.4 is 14.2 Å². The van der Waals surface area contributed by atoms with E-state index in [0.29, 0.717) is 17.0 Å². The molecule has 0 saturated carbocycles. The highest BCUT2D eigenvalue weighted by molar-refractivity contribution is 5.77. The van der Waals surface area contributed by atoms with Crippen LogP contribution in [0.2, 0.25) is 0 Å². The van der Waals surface area contributed by atoms with E-state index in [1.54, 1.807) is 30.5 Å². The third kappa shape index (κ3) is 1.95. The van der Waals surface area contributed by atoms with Gasteiger partial charge in [0.2, 0.25) is 5.88 Å². The van der Waals surface area contributed by atoms with Crippen LogP contribution in [0, 0.1) is 0 Å². The zero-order valence-electron chi connectivity index (χ0n) is 9.89. The van der Waals surface area contributed by atoms with E-state index in [4.69, 9.17) is 4.74 Å². The molecule has 3 rings (SSSR count). The Morgan fingerprint density at radius 3 is 2.68 bits per heavy atom. The summed E-state index contributed by atoms with van der Waals surface area (Å²) in [5.74, 6) is 0.307. The monoisotopic (exact) mass is 265 g/mol. The molecule has 0 saturated heterocycles. The summed E-state index contributed by atoms with van der Waals surface area (Å²) >= 11 is 0. The van der Waals surface area contributed by atoms with Gasteiger partial charge in [-0.2, -0.15) is 0 Å². The highest BCUT2D eigenvalue weighted by Crippen LogP contribution is 2.48. The van der Waals surface area contributed by atoms with Crippen molar-refractivity contribution < 1.29 is 23.0 Å². The van der Waals surface area contributed by atoms with Gasteiger partial charge in [0.1, 0.15) is 0 Å². The summed E-state index contributed by atoms with van der Waals surface area (Å²) < 4.78 is 40.3. The number of benzene rings is 1. The van der Waals surface area contributed by atoms with Crippen molar-refractivity contribution in [3.05, 3.63) is 36.5 Å². The first-order valence-corrected chi connectivity index (χ1v) is 5.49. The minimum atomic E-state index is -3.64. The van der Waals surface area contributed by atoms with Gasteiger partial charge in [-0.05, 0) is 18.2 Å². The molecule has 1 aromatic carbocycles. The van der Waals surface area contributed by atoms with Gasteiger partial charge in [0.05, 0.1) is 7.11 Å². The molecule has 6 heteroatoms. The molecule has 2 heterocycles. The number of para-hydroxylation sites is 1. The number of halogens is 2. The van der Waals surface area contributed by atoms with Gasteiger partial charge in [0.25, 0.3) is 0 Å². The molecule has 0 atom stereocenters. The Kier molecular flexibility index (Phi) is 2.51. The molecule has 19 heavy (non-hydrogen) atoms. The Labute approximate surface area is 107 Å². The van der Waals surface area contributed by atoms with Gasteiger partial charge < -0.3 is 14.2 Å². The lowest BCUT2D eigenvalue weighted by Crippen LogP contribution is -2.26. The summed E-state index contributed by atoms with van der Waals surface area (Å²) in [4.78, 5) is 4.03. The molecule has 0 aliphatic carbocycles. The summed E-state index contributed by atoms with van der Waals surface area (Å²) in [7, 11) is 1.46. The number of ether oxygens (including phenoxy) is 3. The maximum Gasteiger partial charge on any atom is 0.586 e. The Morgan fingerprint density at radius 1 is 1.11 bits per heavy atom. The van der Waals surface area contributed by atoms with Gasteiger partial charge in [0, 0.05) is 17.3 Å². The summed E-state index contributed by atoms with van der Waals surface area (Å²) in [5, 5.41) is 0. The third-order valence-corrected chi connectivity index (χ3v) is 2.68. The lowest BCUT2D eigenvalue weighted by atomic mass is 10.1. The third-order valence-electron chi connectivity index (χ3n) is 2.68. The summed E-state index contributed by atoms with van der Waals surface area (Å²) in [6.07, 6.45) is -2.09. The molecule has 1 aromatic heterocycles. The summed E-state index contributed by atoms with van der Waals surface area (Å²) in [6, 6.07) is 8.06. The van der Waals surface area contributed by atoms with Crippen LogP contribution in [0.3, 0.4) is 0 Å². The van der Waals surface area contributed by atoms with Gasteiger partial charge >= 0.3 is 6.29 Å². The Hall–Kier alpha value is -2.37. The van der Waals surface area contributed by atoms with Gasteiger partial charge in [-0.1, -0.05) is 12.1 Å². The molecule has 0 amide bonds. The Bertz CT molecular complexity index is 631. The normalized spacial score (nSPS) is 15.3. The highest BCUT2D eigenvalue weighted by atomic mass is 19.3. The van der Waals surface area contributed by atoms with E-state index in [2.05, 4.69) is 14.5 Å². The second kappa shape index (κ2) is 4.08. The summed E-state index contributed by atoms with van der Waals surface area (Å²) in [6.45, 7) is 0. The van der Waals surface area contributed by atoms with Gasteiger partial charge in [-0.25, -0.2) is 4.98 Å². The average molecular weight is 265 g/mol. The van der Waals surface area contributed by atoms with Crippen LogP contribution in [0.1, 0.15) is 0 Å². The molecular formula is C13H9F2NO3. The van der Waals surface area contributed by atoms with E-state index in [-0.39, 0.29) is 11.5 Å². The van der Waals surface area contributed by atoms with Crippen LogP contribution in [0.5, 0.6) is 17.4 Å². The van der Waals surface area contributed by atoms with Crippen molar-refractivity contribution in [2.75, 3.05) is 7.11 Å². The van der Waals surface area contributed by atoms with Crippen LogP contribution >= 0.6 is 0 Å². The average Bonchev–Trinajstić information content (AvgIpc) is 2.72. The van der Waals surface area contributed by atoms with Crippen molar-refractivity contribution in [2.24, 2.45) is 0 Å². The van der Waals surface area contributed by atoms with Gasteiger partial charge in [-0.3, -0.25) is 0 Å². The molecule has 0 spiro atoms. The SMILES string of the molecule is COc1ncccc1-c1cccc2c1OC(F)(F)O2. The summed E-state index contributed by atoms with van der Waals surface area (Å²) in [5.41, 5.74) is 1.00. The second-order valence-electron chi connectivity index (χ2n) is 3.86. The number of hydrogen-bond donors (Lipinski definition) is 0. The van der Waals surface area contributed by atoms with Crippen molar-refractivity contribution in [3.8, 4) is 28.5 Å². The van der Waals surface area contributed by atoms with Crippen LogP contribution in [-0.4, -0.2) is 18.4 Å². The first-order valence-electron chi connectivity index (χ1n) is 5.49. The molecule has 4 nitrogen and oxygen atoms in total. The molecule has 0 unspecified atom stereocenters. The van der Waals surface area contributed by atoms with E-state index in [0.717, 1.165) is 0 Å². The van der Waals surface area contributed by atoms with Crippen molar-refractivity contribution in [1.29, 1.82) is 0 Å². The highest BCUT2D eigenvalue weighted by Gasteiger charge is 2.44. The van der Waals surface area contributed by atoms with Crippen molar-refractivity contribution in [1.82, 2.24) is 4.98 Å². The quantitative estimate of drug-likeness (QED) is 0.836. The van der Waals surface area contributed by atoms with Gasteiger partial charge in [-0.15, -0.1) is 8.78 Å². The molecule has 0 bridgehead atoms. The number of rotatable bonds is 2. The topological polar surface area (TPSA) is 40.6 Å². The number of hydrogen-bond acceptors (Lipinski definition) is 4. The predicted molar refractivity (Wildman–Crippen MR) is 62.4 cm³/mol. The smallest absolute Gasteiger partial charge is 0.481 e. The first kappa shape index (κ1) is 11.7. The molecule has 1 aliphatic heterocycles. The maximum absolute atomic E-state index is 13.1. The standard InChI is InChI=1S/C13H9F2NO3/c1-17-12-9(5-3-7-16-12)8-4-2-6-10-11(8)19-13(14,15)18-10/h2-7H,1H3. The first-order chi connectivity index (χ1) is 9.11. The molecule has 0 fully saturated rings. The van der Waals surface area contributed by atoms with Crippen LogP contribution in [0.4, 0.5) is 8.78 Å². The van der Waals surface area contributed by atoms with E-state index in [1.165, 1.54) is 13.2 Å². The Morgan fingerprint density at radius 2 is 1.89 bits per heavy atom. The van der Waals surface area contributed by atoms with E-state index in [1.807, 2.05) is 0 Å². The zero-order chi connectivity index (χ0) is 13.5. The van der Waals surface area contributed by atoms with E-state index >= 15 is 0 Å². The maximum atomic E-state index is 13.1. The number of aromatic nitrogens is 1. The van der Waals surface area contributed by atoms with Gasteiger partial charge in [0.15, 0.2) is 11.5 Å². The van der Waals surface area contributed by atoms with Crippen molar-refractivity contribution >= 4 is 0 Å². The largest absolute Gasteiger partial charge is 0.586 e. The lowest BCUT2D eigenvalue weighted by Gasteiger charge is -2.09. The number of methoxy groups -OCH3 is 1. The van der Waals surface area contributed by atoms with Crippen LogP contribution in [0.25, 0.3) is 11.1 Å². The molecule has 0 radical (unpaired) electrons. The molecule has 98 valence electrons.